The summed E-state index contributed by atoms with van der Waals surface area (Å²) < 4.78 is 64.8. The van der Waals surface area contributed by atoms with Gasteiger partial charge in [0.25, 0.3) is 10.0 Å². The Hall–Kier alpha value is -1.87. The average molecular weight is 319 g/mol. The zero-order valence-electron chi connectivity index (χ0n) is 10.9. The third-order valence-electron chi connectivity index (χ3n) is 2.66. The lowest BCUT2D eigenvalue weighted by molar-refractivity contribution is -0.137. The largest absolute Gasteiger partial charge is 0.416 e. The van der Waals surface area contributed by atoms with E-state index < -0.39 is 21.8 Å². The fraction of sp³-hybridized carbons (Fsp3) is 0.250. The number of sulfonamides is 1. The van der Waals surface area contributed by atoms with E-state index in [9.17, 15) is 21.6 Å². The molecule has 0 saturated heterocycles. The summed E-state index contributed by atoms with van der Waals surface area (Å²) in [5.74, 6) is 0. The van der Waals surface area contributed by atoms with Crippen molar-refractivity contribution in [2.24, 2.45) is 0 Å². The molecule has 0 saturated carbocycles. The van der Waals surface area contributed by atoms with Crippen LogP contribution < -0.4 is 4.72 Å². The van der Waals surface area contributed by atoms with E-state index in [0.29, 0.717) is 0 Å². The Balaban J connectivity index is 2.43. The van der Waals surface area contributed by atoms with Crippen molar-refractivity contribution in [2.45, 2.75) is 18.1 Å². The second-order valence-electron chi connectivity index (χ2n) is 4.13. The molecule has 0 aliphatic heterocycles. The molecule has 2 rings (SSSR count). The number of alkyl halides is 3. The van der Waals surface area contributed by atoms with Crippen LogP contribution in [0.25, 0.3) is 5.69 Å². The molecule has 0 spiro atoms. The highest BCUT2D eigenvalue weighted by molar-refractivity contribution is 7.89. The van der Waals surface area contributed by atoms with E-state index >= 15 is 0 Å². The lowest BCUT2D eigenvalue weighted by atomic mass is 10.2. The molecule has 1 aromatic carbocycles. The van der Waals surface area contributed by atoms with E-state index in [1.165, 1.54) is 24.4 Å². The molecule has 0 fully saturated rings. The molecular formula is C12H12F3N3O2S. The molecule has 0 atom stereocenters. The van der Waals surface area contributed by atoms with E-state index in [4.69, 9.17) is 0 Å². The number of nitrogens with one attached hydrogen (secondary N) is 1. The molecule has 0 unspecified atom stereocenters. The summed E-state index contributed by atoms with van der Waals surface area (Å²) in [5, 5.41) is 3.71. The second kappa shape index (κ2) is 5.49. The lowest BCUT2D eigenvalue weighted by Gasteiger charge is -2.10. The van der Waals surface area contributed by atoms with Crippen molar-refractivity contribution in [3.63, 3.8) is 0 Å². The van der Waals surface area contributed by atoms with E-state index in [0.717, 1.165) is 16.8 Å². The van der Waals surface area contributed by atoms with Gasteiger partial charge in [0.15, 0.2) is 5.03 Å². The highest BCUT2D eigenvalue weighted by Gasteiger charge is 2.30. The SMILES string of the molecule is CCNS(=O)(=O)c1ccnn1-c1ccc(C(F)(F)F)cc1. The quantitative estimate of drug-likeness (QED) is 0.939. The monoisotopic (exact) mass is 319 g/mol. The molecule has 9 heteroatoms. The Morgan fingerprint density at radius 2 is 1.81 bits per heavy atom. The Kier molecular flexibility index (Phi) is 4.06. The predicted octanol–water partition coefficient (Wildman–Crippen LogP) is 2.19. The van der Waals surface area contributed by atoms with Crippen LogP contribution in [0.3, 0.4) is 0 Å². The molecule has 21 heavy (non-hydrogen) atoms. The van der Waals surface area contributed by atoms with Gasteiger partial charge in [0, 0.05) is 6.54 Å². The van der Waals surface area contributed by atoms with E-state index in [1.54, 1.807) is 6.92 Å². The molecule has 0 aliphatic carbocycles. The van der Waals surface area contributed by atoms with Gasteiger partial charge in [-0.25, -0.2) is 17.8 Å². The summed E-state index contributed by atoms with van der Waals surface area (Å²) in [6.45, 7) is 1.82. The van der Waals surface area contributed by atoms with Crippen molar-refractivity contribution < 1.29 is 21.6 Å². The molecule has 2 aromatic rings. The lowest BCUT2D eigenvalue weighted by Crippen LogP contribution is -2.25. The smallest absolute Gasteiger partial charge is 0.221 e. The van der Waals surface area contributed by atoms with Crippen LogP contribution in [0, 0.1) is 0 Å². The first-order valence-electron chi connectivity index (χ1n) is 5.97. The number of nitrogens with zero attached hydrogens (tertiary/aromatic N) is 2. The normalized spacial score (nSPS) is 12.6. The topological polar surface area (TPSA) is 64.0 Å². The van der Waals surface area contributed by atoms with Crippen LogP contribution in [0.5, 0.6) is 0 Å². The minimum atomic E-state index is -4.44. The highest BCUT2D eigenvalue weighted by atomic mass is 32.2. The van der Waals surface area contributed by atoms with Crippen molar-refractivity contribution in [3.8, 4) is 5.69 Å². The first-order valence-corrected chi connectivity index (χ1v) is 7.45. The van der Waals surface area contributed by atoms with Gasteiger partial charge in [0.1, 0.15) is 0 Å². The van der Waals surface area contributed by atoms with Crippen molar-refractivity contribution in [1.82, 2.24) is 14.5 Å². The van der Waals surface area contributed by atoms with Crippen LogP contribution in [-0.2, 0) is 16.2 Å². The Bertz CT molecular complexity index is 721. The van der Waals surface area contributed by atoms with Crippen molar-refractivity contribution in [1.29, 1.82) is 0 Å². The molecule has 1 heterocycles. The van der Waals surface area contributed by atoms with Crippen LogP contribution in [0.1, 0.15) is 12.5 Å². The van der Waals surface area contributed by atoms with Crippen molar-refractivity contribution >= 4 is 10.0 Å². The third kappa shape index (κ3) is 3.24. The molecule has 0 aliphatic rings. The van der Waals surface area contributed by atoms with Crippen LogP contribution in [-0.4, -0.2) is 24.7 Å². The fourth-order valence-electron chi connectivity index (χ4n) is 1.74. The Labute approximate surface area is 119 Å². The van der Waals surface area contributed by atoms with E-state index in [1.807, 2.05) is 0 Å². The van der Waals surface area contributed by atoms with Crippen LogP contribution in [0.4, 0.5) is 13.2 Å². The summed E-state index contributed by atoms with van der Waals surface area (Å²) >= 11 is 0. The summed E-state index contributed by atoms with van der Waals surface area (Å²) in [4.78, 5) is 0. The molecule has 0 bridgehead atoms. The van der Waals surface area contributed by atoms with Crippen molar-refractivity contribution in [3.05, 3.63) is 42.1 Å². The molecule has 1 aromatic heterocycles. The molecular weight excluding hydrogens is 307 g/mol. The molecule has 5 nitrogen and oxygen atoms in total. The van der Waals surface area contributed by atoms with Crippen LogP contribution in [0.2, 0.25) is 0 Å². The second-order valence-corrected chi connectivity index (χ2v) is 5.84. The zero-order chi connectivity index (χ0) is 15.7. The molecule has 1 N–H and O–H groups in total. The van der Waals surface area contributed by atoms with Gasteiger partial charge < -0.3 is 0 Å². The maximum absolute atomic E-state index is 12.5. The minimum absolute atomic E-state index is 0.135. The van der Waals surface area contributed by atoms with E-state index in [2.05, 4.69) is 9.82 Å². The Morgan fingerprint density at radius 1 is 1.19 bits per heavy atom. The van der Waals surface area contributed by atoms with Crippen molar-refractivity contribution in [2.75, 3.05) is 6.54 Å². The number of benzene rings is 1. The predicted molar refractivity (Wildman–Crippen MR) is 69.4 cm³/mol. The summed E-state index contributed by atoms with van der Waals surface area (Å²) in [5.41, 5.74) is -0.584. The van der Waals surface area contributed by atoms with Gasteiger partial charge in [0.05, 0.1) is 17.4 Å². The zero-order valence-corrected chi connectivity index (χ0v) is 11.7. The van der Waals surface area contributed by atoms with Gasteiger partial charge in [0.2, 0.25) is 0 Å². The Morgan fingerprint density at radius 3 is 2.33 bits per heavy atom. The van der Waals surface area contributed by atoms with Gasteiger partial charge in [-0.15, -0.1) is 0 Å². The fourth-order valence-corrected chi connectivity index (χ4v) is 2.89. The third-order valence-corrected chi connectivity index (χ3v) is 4.19. The molecule has 0 amide bonds. The maximum Gasteiger partial charge on any atom is 0.416 e. The number of aromatic nitrogens is 2. The number of hydrogen-bond acceptors (Lipinski definition) is 3. The minimum Gasteiger partial charge on any atom is -0.221 e. The maximum atomic E-state index is 12.5. The average Bonchev–Trinajstić information content (AvgIpc) is 2.88. The molecule has 114 valence electrons. The summed E-state index contributed by atoms with van der Waals surface area (Å²) in [7, 11) is -3.76. The van der Waals surface area contributed by atoms with Gasteiger partial charge in [-0.2, -0.15) is 18.3 Å². The van der Waals surface area contributed by atoms with Crippen LogP contribution in [0.15, 0.2) is 41.6 Å². The standard InChI is InChI=1S/C12H12F3N3O2S/c1-2-17-21(19,20)11-7-8-16-18(11)10-5-3-9(4-6-10)12(13,14)15/h3-8,17H,2H2,1H3. The highest BCUT2D eigenvalue weighted by Crippen LogP contribution is 2.29. The number of hydrogen-bond donors (Lipinski definition) is 1. The number of halogens is 3. The summed E-state index contributed by atoms with van der Waals surface area (Å²) in [6.07, 6.45) is -3.18. The first-order chi connectivity index (χ1) is 9.75. The summed E-state index contributed by atoms with van der Waals surface area (Å²) in [6, 6.07) is 5.36. The van der Waals surface area contributed by atoms with Gasteiger partial charge in [-0.05, 0) is 30.3 Å². The van der Waals surface area contributed by atoms with Crippen LogP contribution >= 0.6 is 0 Å². The van der Waals surface area contributed by atoms with Gasteiger partial charge in [-0.3, -0.25) is 0 Å². The number of rotatable bonds is 4. The van der Waals surface area contributed by atoms with Gasteiger partial charge in [-0.1, -0.05) is 6.92 Å². The van der Waals surface area contributed by atoms with E-state index in [-0.39, 0.29) is 17.3 Å². The van der Waals surface area contributed by atoms with Gasteiger partial charge >= 0.3 is 6.18 Å². The molecule has 0 radical (unpaired) electrons. The first kappa shape index (κ1) is 15.5.